The van der Waals surface area contributed by atoms with Crippen LogP contribution in [0, 0.1) is 17.8 Å². The second-order valence-electron chi connectivity index (χ2n) is 13.3. The molecule has 0 N–H and O–H groups in total. The molecule has 0 spiro atoms. The number of ketones is 1. The summed E-state index contributed by atoms with van der Waals surface area (Å²) in [6.07, 6.45) is 1.94. The van der Waals surface area contributed by atoms with Crippen LogP contribution in [0.15, 0.2) is 18.2 Å². The fraction of sp³-hybridized carbons (Fsp3) is 0.700. The summed E-state index contributed by atoms with van der Waals surface area (Å²) >= 11 is 6.88. The predicted octanol–water partition coefficient (Wildman–Crippen LogP) is 6.79. The molecule has 5 nitrogen and oxygen atoms in total. The third-order valence-electron chi connectivity index (χ3n) is 11.0. The Bertz CT molecular complexity index is 1210. The Morgan fingerprint density at radius 2 is 1.84 bits per heavy atom. The quantitative estimate of drug-likeness (QED) is 0.319. The summed E-state index contributed by atoms with van der Waals surface area (Å²) in [5.41, 5.74) is 5.67. The van der Waals surface area contributed by atoms with Crippen molar-refractivity contribution in [1.29, 1.82) is 0 Å². The molecule has 1 aromatic heterocycles. The van der Waals surface area contributed by atoms with Crippen LogP contribution in [0.4, 0.5) is 0 Å². The summed E-state index contributed by atoms with van der Waals surface area (Å²) < 4.78 is 15.9. The van der Waals surface area contributed by atoms with Crippen LogP contribution in [0.1, 0.15) is 72.2 Å². The number of hydrogen-bond acceptors (Lipinski definition) is 3. The summed E-state index contributed by atoms with van der Waals surface area (Å²) in [6.45, 7) is 19.4. The van der Waals surface area contributed by atoms with Gasteiger partial charge in [-0.1, -0.05) is 41.5 Å². The highest BCUT2D eigenvalue weighted by Crippen LogP contribution is 2.60. The second-order valence-corrected chi connectivity index (χ2v) is 18.9. The van der Waals surface area contributed by atoms with Crippen molar-refractivity contribution < 1.29 is 18.4 Å². The van der Waals surface area contributed by atoms with E-state index in [0.717, 1.165) is 31.7 Å². The van der Waals surface area contributed by atoms with Gasteiger partial charge >= 0.3 is 0 Å². The first-order valence-electron chi connectivity index (χ1n) is 14.6. The first-order valence-corrected chi connectivity index (χ1v) is 17.1. The van der Waals surface area contributed by atoms with Crippen molar-refractivity contribution in [3.63, 3.8) is 0 Å². The van der Waals surface area contributed by atoms with E-state index in [2.05, 4.69) is 71.4 Å². The number of Topliss-reactive ketones (excluding diaryl/α,β-unsaturated/α-hetero) is 1. The number of rotatable bonds is 9. The van der Waals surface area contributed by atoms with Gasteiger partial charge in [-0.05, 0) is 47.2 Å². The number of halogens is 1. The Hall–Kier alpha value is -1.28. The molecular formula is C30H46BClN2O3Si. The zero-order valence-corrected chi connectivity index (χ0v) is 26.5. The van der Waals surface area contributed by atoms with Gasteiger partial charge in [0, 0.05) is 50.4 Å². The number of methoxy groups -OCH3 is 1. The molecular weight excluding hydrogens is 511 g/mol. The minimum atomic E-state index is -2.04. The van der Waals surface area contributed by atoms with E-state index >= 15 is 0 Å². The maximum Gasteiger partial charge on any atom is 0.200 e. The van der Waals surface area contributed by atoms with E-state index < -0.39 is 8.32 Å². The van der Waals surface area contributed by atoms with Crippen molar-refractivity contribution in [3.05, 3.63) is 29.5 Å². The van der Waals surface area contributed by atoms with Crippen molar-refractivity contribution in [1.82, 2.24) is 4.57 Å². The SMILES string of the molecule is COc1ccc2c3c(n(C)c2c1)[C@@H]1C[C@@H]2[C@@H](CO[Si](C(C)C)(C(C)C)C(C)C)[C@H](C3)[N+]1([B-]Cl)C[C@H]2C(C)=O. The molecule has 6 rings (SSSR count). The highest BCUT2D eigenvalue weighted by molar-refractivity contribution is 6.89. The number of hydrogen-bond donors (Lipinski definition) is 0. The maximum atomic E-state index is 13.0. The van der Waals surface area contributed by atoms with Gasteiger partial charge in [0.1, 0.15) is 18.4 Å². The Balaban J connectivity index is 1.62. The van der Waals surface area contributed by atoms with E-state index in [1.165, 1.54) is 22.2 Å². The van der Waals surface area contributed by atoms with Crippen molar-refractivity contribution >= 4 is 43.3 Å². The molecule has 38 heavy (non-hydrogen) atoms. The molecule has 0 saturated carbocycles. The summed E-state index contributed by atoms with van der Waals surface area (Å²) in [4.78, 5) is 13.0. The van der Waals surface area contributed by atoms with E-state index in [4.69, 9.17) is 20.6 Å². The van der Waals surface area contributed by atoms with Crippen LogP contribution >= 0.6 is 11.5 Å². The molecule has 5 heterocycles. The fourth-order valence-corrected chi connectivity index (χ4v) is 15.3. The Labute approximate surface area is 236 Å². The van der Waals surface area contributed by atoms with E-state index in [-0.39, 0.29) is 12.0 Å². The smallest absolute Gasteiger partial charge is 0.200 e. The minimum Gasteiger partial charge on any atom is -0.536 e. The van der Waals surface area contributed by atoms with E-state index in [1.807, 2.05) is 6.83 Å². The average Bonchev–Trinajstić information content (AvgIpc) is 3.15. The first-order chi connectivity index (χ1) is 17.9. The number of ether oxygens (including phenoxy) is 1. The molecule has 0 amide bonds. The number of aromatic nitrogens is 1. The molecule has 0 aliphatic carbocycles. The molecule has 6 atom stereocenters. The standard InChI is InChI=1S/C30H46BClN2O3Si/c1-17(2)38(18(3)4,19(5)6)37-16-26-23-13-29-30-24(22-11-10-21(36-9)12-27(22)33(30)8)14-28(26)34(29,31-32)15-25(23)20(7)35/h10-12,17-19,23,25-26,28-29H,13-16H2,1-9H3/t23-,25-,26+,28-,29-,34?/m0/s1. The normalized spacial score (nSPS) is 30.5. The number of fused-ring (bicyclic) bond motifs is 4. The van der Waals surface area contributed by atoms with Crippen LogP contribution in [0.25, 0.3) is 10.9 Å². The summed E-state index contributed by atoms with van der Waals surface area (Å²) in [6, 6.07) is 7.06. The topological polar surface area (TPSA) is 40.5 Å². The van der Waals surface area contributed by atoms with Gasteiger partial charge < -0.3 is 29.6 Å². The van der Waals surface area contributed by atoms with Crippen molar-refractivity contribution in [2.45, 2.75) is 90.0 Å². The highest BCUT2D eigenvalue weighted by atomic mass is 35.5. The second kappa shape index (κ2) is 9.97. The lowest BCUT2D eigenvalue weighted by molar-refractivity contribution is -0.908. The average molecular weight is 557 g/mol. The largest absolute Gasteiger partial charge is 0.536 e. The fourth-order valence-electron chi connectivity index (χ4n) is 9.44. The summed E-state index contributed by atoms with van der Waals surface area (Å²) in [7, 11) is 1.88. The molecule has 208 valence electrons. The predicted molar refractivity (Wildman–Crippen MR) is 159 cm³/mol. The number of piperidine rings is 3. The lowest BCUT2D eigenvalue weighted by atomic mass is 9.57. The molecule has 1 aromatic carbocycles. The van der Waals surface area contributed by atoms with Gasteiger partial charge in [-0.3, -0.25) is 4.79 Å². The zero-order valence-electron chi connectivity index (χ0n) is 24.8. The minimum absolute atomic E-state index is 0.0376. The van der Waals surface area contributed by atoms with Crippen molar-refractivity contribution in [2.75, 3.05) is 20.3 Å². The molecule has 2 radical (unpaired) electrons. The van der Waals surface area contributed by atoms with Crippen LogP contribution in [0.3, 0.4) is 0 Å². The third kappa shape index (κ3) is 3.82. The Morgan fingerprint density at radius 3 is 2.39 bits per heavy atom. The lowest BCUT2D eigenvalue weighted by Crippen LogP contribution is -2.75. The highest BCUT2D eigenvalue weighted by Gasteiger charge is 2.61. The number of benzene rings is 1. The van der Waals surface area contributed by atoms with Gasteiger partial charge in [-0.15, -0.1) is 0 Å². The van der Waals surface area contributed by atoms with Crippen molar-refractivity contribution in [3.8, 4) is 5.75 Å². The number of quaternary nitrogens is 1. The van der Waals surface area contributed by atoms with Crippen LogP contribution in [0.2, 0.25) is 16.6 Å². The van der Waals surface area contributed by atoms with Gasteiger partial charge in [0.05, 0.1) is 36.3 Å². The summed E-state index contributed by atoms with van der Waals surface area (Å²) in [5, 5.41) is 1.32. The molecule has 4 aliphatic rings. The monoisotopic (exact) mass is 556 g/mol. The van der Waals surface area contributed by atoms with Crippen LogP contribution in [0.5, 0.6) is 5.75 Å². The number of nitrogens with zero attached hydrogens (tertiary/aromatic N) is 2. The summed E-state index contributed by atoms with van der Waals surface area (Å²) in [5.74, 6) is 1.87. The van der Waals surface area contributed by atoms with E-state index in [9.17, 15) is 4.79 Å². The van der Waals surface area contributed by atoms with Gasteiger partial charge in [0.15, 0.2) is 8.32 Å². The molecule has 8 heteroatoms. The molecule has 3 fully saturated rings. The van der Waals surface area contributed by atoms with Crippen LogP contribution in [-0.4, -0.2) is 56.2 Å². The molecule has 4 aliphatic heterocycles. The van der Waals surface area contributed by atoms with Crippen LogP contribution < -0.4 is 4.74 Å². The third-order valence-corrected chi connectivity index (χ3v) is 17.4. The van der Waals surface area contributed by atoms with Gasteiger partial charge in [0.2, 0.25) is 0 Å². The molecule has 1 unspecified atom stereocenters. The van der Waals surface area contributed by atoms with E-state index in [0.29, 0.717) is 44.7 Å². The number of carbonyl (C=O) groups excluding carboxylic acids is 1. The lowest BCUT2D eigenvalue weighted by Gasteiger charge is -2.73. The number of carbonyl (C=O) groups is 1. The number of aryl methyl sites for hydroxylation is 1. The van der Waals surface area contributed by atoms with Crippen molar-refractivity contribution in [2.24, 2.45) is 24.8 Å². The maximum absolute atomic E-state index is 13.0. The molecule has 4 bridgehead atoms. The molecule has 3 saturated heterocycles. The molecule has 2 aromatic rings. The van der Waals surface area contributed by atoms with Gasteiger partial charge in [-0.2, -0.15) is 0 Å². The van der Waals surface area contributed by atoms with Gasteiger partial charge in [-0.25, -0.2) is 0 Å². The van der Waals surface area contributed by atoms with Gasteiger partial charge in [0.25, 0.3) is 0 Å². The van der Waals surface area contributed by atoms with Crippen LogP contribution in [-0.2, 0) is 22.7 Å². The first kappa shape index (κ1) is 28.3. The Morgan fingerprint density at radius 1 is 1.18 bits per heavy atom. The Kier molecular flexibility index (Phi) is 7.41. The zero-order chi connectivity index (χ0) is 27.7. The van der Waals surface area contributed by atoms with E-state index in [1.54, 1.807) is 14.0 Å².